The molecule has 32 heavy (non-hydrogen) atoms. The number of aromatic nitrogens is 3. The highest BCUT2D eigenvalue weighted by Crippen LogP contribution is 2.35. The highest BCUT2D eigenvalue weighted by atomic mass is 19.4. The molecule has 0 saturated carbocycles. The summed E-state index contributed by atoms with van der Waals surface area (Å²) in [5.74, 6) is 0.874. The van der Waals surface area contributed by atoms with E-state index in [9.17, 15) is 18.0 Å². The van der Waals surface area contributed by atoms with Crippen LogP contribution in [-0.2, 0) is 6.18 Å². The Balaban J connectivity index is 1.24. The Kier molecular flexibility index (Phi) is 4.87. The lowest BCUT2D eigenvalue weighted by atomic mass is 10.1. The third kappa shape index (κ3) is 3.93. The van der Waals surface area contributed by atoms with E-state index in [1.165, 1.54) is 0 Å². The maximum atomic E-state index is 12.9. The van der Waals surface area contributed by atoms with Gasteiger partial charge in [-0.15, -0.1) is 0 Å². The van der Waals surface area contributed by atoms with E-state index in [4.69, 9.17) is 14.2 Å². The zero-order valence-electron chi connectivity index (χ0n) is 16.6. The molecule has 1 N–H and O–H groups in total. The van der Waals surface area contributed by atoms with Crippen LogP contribution in [0.15, 0.2) is 42.6 Å². The number of hydrogen-bond donors (Lipinski definition) is 1. The molecule has 2 aromatic heterocycles. The van der Waals surface area contributed by atoms with Gasteiger partial charge in [-0.3, -0.25) is 9.89 Å². The number of H-pyrrole nitrogens is 1. The second-order valence-electron chi connectivity index (χ2n) is 7.40. The van der Waals surface area contributed by atoms with Gasteiger partial charge in [-0.1, -0.05) is 0 Å². The Bertz CT molecular complexity index is 1160. The van der Waals surface area contributed by atoms with Crippen LogP contribution in [0.1, 0.15) is 22.5 Å². The van der Waals surface area contributed by atoms with Crippen molar-refractivity contribution in [3.05, 3.63) is 53.9 Å². The fraction of sp³-hybridized carbons (Fsp3) is 0.286. The van der Waals surface area contributed by atoms with E-state index in [2.05, 4.69) is 15.2 Å². The maximum Gasteiger partial charge on any atom is 0.416 e. The number of fused-ring (bicyclic) bond motifs is 1. The molecular formula is C21H17F3N4O4. The van der Waals surface area contributed by atoms with Gasteiger partial charge in [0.1, 0.15) is 11.8 Å². The molecular weight excluding hydrogens is 429 g/mol. The van der Waals surface area contributed by atoms with Gasteiger partial charge in [0.25, 0.3) is 5.91 Å². The number of hydrogen-bond acceptors (Lipinski definition) is 6. The Labute approximate surface area is 179 Å². The number of alkyl halides is 3. The van der Waals surface area contributed by atoms with Gasteiger partial charge in [-0.2, -0.15) is 18.3 Å². The highest BCUT2D eigenvalue weighted by molar-refractivity contribution is 5.93. The van der Waals surface area contributed by atoms with Crippen molar-refractivity contribution in [1.82, 2.24) is 20.1 Å². The molecule has 11 heteroatoms. The Hall–Kier alpha value is -3.76. The molecule has 1 fully saturated rings. The second kappa shape index (κ2) is 7.74. The summed E-state index contributed by atoms with van der Waals surface area (Å²) < 4.78 is 54.9. The van der Waals surface area contributed by atoms with Crippen LogP contribution < -0.4 is 14.2 Å². The molecule has 5 rings (SSSR count). The number of nitrogens with zero attached hydrogens (tertiary/aromatic N) is 3. The summed E-state index contributed by atoms with van der Waals surface area (Å²) in [5, 5.41) is 6.95. The lowest BCUT2D eigenvalue weighted by molar-refractivity contribution is -0.137. The first-order valence-electron chi connectivity index (χ1n) is 9.81. The third-order valence-corrected chi connectivity index (χ3v) is 5.26. The zero-order valence-corrected chi connectivity index (χ0v) is 16.6. The summed E-state index contributed by atoms with van der Waals surface area (Å²) in [4.78, 5) is 18.3. The van der Waals surface area contributed by atoms with Crippen molar-refractivity contribution in [3.63, 3.8) is 0 Å². The molecule has 3 aromatic rings. The van der Waals surface area contributed by atoms with Crippen molar-refractivity contribution in [1.29, 1.82) is 0 Å². The molecule has 166 valence electrons. The molecule has 0 bridgehead atoms. The Morgan fingerprint density at radius 1 is 1.16 bits per heavy atom. The molecule has 0 radical (unpaired) electrons. The SMILES string of the molecule is O=C(c1cc(-c2ccc3c(c2)OCO3)n[nH]1)N1CC[C@@H](Oc2cc(C(F)(F)F)ccn2)C1. The quantitative estimate of drug-likeness (QED) is 0.660. The van der Waals surface area contributed by atoms with Crippen molar-refractivity contribution in [3.8, 4) is 28.6 Å². The summed E-state index contributed by atoms with van der Waals surface area (Å²) in [6.45, 7) is 0.799. The van der Waals surface area contributed by atoms with Crippen molar-refractivity contribution < 1.29 is 32.2 Å². The molecule has 1 saturated heterocycles. The van der Waals surface area contributed by atoms with E-state index in [0.717, 1.165) is 23.9 Å². The maximum absolute atomic E-state index is 12.9. The van der Waals surface area contributed by atoms with E-state index in [0.29, 0.717) is 35.9 Å². The first-order valence-corrected chi connectivity index (χ1v) is 9.81. The van der Waals surface area contributed by atoms with Gasteiger partial charge in [0.15, 0.2) is 11.5 Å². The molecule has 2 aliphatic rings. The van der Waals surface area contributed by atoms with Gasteiger partial charge in [0.05, 0.1) is 17.8 Å². The van der Waals surface area contributed by atoms with Gasteiger partial charge >= 0.3 is 6.18 Å². The summed E-state index contributed by atoms with van der Waals surface area (Å²) in [6, 6.07) is 8.76. The number of amides is 1. The lowest BCUT2D eigenvalue weighted by Crippen LogP contribution is -2.31. The van der Waals surface area contributed by atoms with E-state index in [1.54, 1.807) is 23.1 Å². The van der Waals surface area contributed by atoms with Crippen LogP contribution in [0, 0.1) is 0 Å². The average Bonchev–Trinajstić information content (AvgIpc) is 3.52. The monoisotopic (exact) mass is 446 g/mol. The van der Waals surface area contributed by atoms with Crippen LogP contribution in [0.25, 0.3) is 11.3 Å². The average molecular weight is 446 g/mol. The molecule has 1 amide bonds. The number of carbonyl (C=O) groups is 1. The van der Waals surface area contributed by atoms with Crippen LogP contribution in [0.2, 0.25) is 0 Å². The van der Waals surface area contributed by atoms with Gasteiger partial charge in [0, 0.05) is 30.8 Å². The number of nitrogens with one attached hydrogen (secondary N) is 1. The summed E-state index contributed by atoms with van der Waals surface area (Å²) in [5.41, 5.74) is 0.812. The number of benzene rings is 1. The molecule has 2 aliphatic heterocycles. The van der Waals surface area contributed by atoms with Crippen LogP contribution >= 0.6 is 0 Å². The Morgan fingerprint density at radius 2 is 2.00 bits per heavy atom. The van der Waals surface area contributed by atoms with Crippen LogP contribution in [0.3, 0.4) is 0 Å². The second-order valence-corrected chi connectivity index (χ2v) is 7.40. The van der Waals surface area contributed by atoms with E-state index >= 15 is 0 Å². The summed E-state index contributed by atoms with van der Waals surface area (Å²) in [7, 11) is 0. The number of likely N-dealkylation sites (tertiary alicyclic amines) is 1. The molecule has 1 aromatic carbocycles. The van der Waals surface area contributed by atoms with Crippen molar-refractivity contribution >= 4 is 5.91 Å². The standard InChI is InChI=1S/C21H17F3N4O4/c22-21(23,24)13-3-5-25-19(8-13)32-14-4-6-28(10-14)20(29)16-9-15(26-27-16)12-1-2-17-18(7-12)31-11-30-17/h1-3,5,7-9,14H,4,6,10-11H2,(H,26,27)/t14-/m1/s1. The first kappa shape index (κ1) is 20.2. The molecule has 4 heterocycles. The largest absolute Gasteiger partial charge is 0.472 e. The van der Waals surface area contributed by atoms with Crippen LogP contribution in [0.5, 0.6) is 17.4 Å². The number of aromatic amines is 1. The van der Waals surface area contributed by atoms with Crippen molar-refractivity contribution in [2.75, 3.05) is 19.9 Å². The minimum Gasteiger partial charge on any atom is -0.472 e. The van der Waals surface area contributed by atoms with E-state index < -0.39 is 17.8 Å². The minimum absolute atomic E-state index is 0.120. The van der Waals surface area contributed by atoms with Crippen LogP contribution in [0.4, 0.5) is 13.2 Å². The number of ether oxygens (including phenoxy) is 3. The molecule has 8 nitrogen and oxygen atoms in total. The number of rotatable bonds is 4. The lowest BCUT2D eigenvalue weighted by Gasteiger charge is -2.16. The molecule has 1 atom stereocenters. The third-order valence-electron chi connectivity index (χ3n) is 5.26. The van der Waals surface area contributed by atoms with Gasteiger partial charge in [-0.05, 0) is 30.3 Å². The molecule has 0 spiro atoms. The summed E-state index contributed by atoms with van der Waals surface area (Å²) in [6.07, 6.45) is -3.40. The van der Waals surface area contributed by atoms with Gasteiger partial charge < -0.3 is 19.1 Å². The Morgan fingerprint density at radius 3 is 2.84 bits per heavy atom. The number of carbonyl (C=O) groups excluding carboxylic acids is 1. The smallest absolute Gasteiger partial charge is 0.416 e. The zero-order chi connectivity index (χ0) is 22.3. The van der Waals surface area contributed by atoms with Gasteiger partial charge in [-0.25, -0.2) is 4.98 Å². The first-order chi connectivity index (χ1) is 15.4. The normalized spacial score (nSPS) is 17.6. The molecule has 0 unspecified atom stereocenters. The van der Waals surface area contributed by atoms with E-state index in [1.807, 2.05) is 6.07 Å². The predicted molar refractivity (Wildman–Crippen MR) is 104 cm³/mol. The predicted octanol–water partition coefficient (Wildman–Crippen LogP) is 3.51. The highest BCUT2D eigenvalue weighted by Gasteiger charge is 2.33. The van der Waals surface area contributed by atoms with Crippen molar-refractivity contribution in [2.24, 2.45) is 0 Å². The fourth-order valence-electron chi connectivity index (χ4n) is 3.64. The fourth-order valence-corrected chi connectivity index (χ4v) is 3.64. The number of halogens is 3. The minimum atomic E-state index is -4.48. The van der Waals surface area contributed by atoms with Crippen LogP contribution in [-0.4, -0.2) is 52.0 Å². The topological polar surface area (TPSA) is 89.6 Å². The number of pyridine rings is 1. The summed E-state index contributed by atoms with van der Waals surface area (Å²) >= 11 is 0. The van der Waals surface area contributed by atoms with Gasteiger partial charge in [0.2, 0.25) is 12.7 Å². The molecule has 0 aliphatic carbocycles. The van der Waals surface area contributed by atoms with E-state index in [-0.39, 0.29) is 25.1 Å². The van der Waals surface area contributed by atoms with Crippen molar-refractivity contribution in [2.45, 2.75) is 18.7 Å².